The number of allylic oxidation sites excluding steroid dienone is 3. The van der Waals surface area contributed by atoms with E-state index in [9.17, 15) is 43.5 Å². The summed E-state index contributed by atoms with van der Waals surface area (Å²) >= 11 is 13.5. The molecule has 0 spiro atoms. The van der Waals surface area contributed by atoms with Crippen LogP contribution in [-0.4, -0.2) is 122 Å². The molecule has 2 fully saturated rings. The SMILES string of the molecule is COc1cc2cc(c1Cl)N(C)C(=O)C[C@H](OC(=O)Nc1cc(F)c(CC(=O)[C@H](CCCNC(N)=O)NC(=O)[C@@H](CC(=O)CCCCC(C)=O)C(C)C)cc1Cl)[C@]1(C)O[C@H]1[C@H](C)[C@@H]1C[C@@](O)(CC(=O)O1)[C@H](OC)/C=C/C=C(\C)C2. The Balaban J connectivity index is 1.39. The number of Topliss-reactive ketones (excluding diaryl/α,β-unsaturated/α-hetero) is 3. The molecule has 0 aliphatic carbocycles. The molecule has 6 N–H and O–H groups in total. The predicted molar refractivity (Wildman–Crippen MR) is 290 cm³/mol. The van der Waals surface area contributed by atoms with E-state index in [0.29, 0.717) is 37.1 Å². The zero-order chi connectivity index (χ0) is 57.8. The number of primary amides is 1. The topological polar surface area (TPSA) is 272 Å². The van der Waals surface area contributed by atoms with E-state index in [0.717, 1.165) is 23.3 Å². The lowest BCUT2D eigenvalue weighted by Crippen LogP contribution is -2.53. The van der Waals surface area contributed by atoms with E-state index in [4.69, 9.17) is 52.6 Å². The molecule has 0 aromatic heterocycles. The van der Waals surface area contributed by atoms with Gasteiger partial charge < -0.3 is 54.9 Å². The van der Waals surface area contributed by atoms with E-state index in [1.54, 1.807) is 52.0 Å². The second kappa shape index (κ2) is 27.8. The Kier molecular flexibility index (Phi) is 22.4. The molecule has 22 heteroatoms. The number of ether oxygens (including phenoxy) is 5. The number of nitrogens with two attached hydrogens (primary N) is 1. The zero-order valence-electron chi connectivity index (χ0n) is 45.8. The van der Waals surface area contributed by atoms with Gasteiger partial charge in [-0.25, -0.2) is 14.0 Å². The van der Waals surface area contributed by atoms with Crippen LogP contribution < -0.4 is 31.3 Å². The molecular formula is C56H74Cl2FN5O14. The van der Waals surface area contributed by atoms with Gasteiger partial charge in [0, 0.05) is 64.6 Å². The number of halogens is 3. The minimum absolute atomic E-state index is 0.0156. The van der Waals surface area contributed by atoms with Crippen molar-refractivity contribution in [2.24, 2.45) is 23.5 Å². The van der Waals surface area contributed by atoms with Crippen molar-refractivity contribution in [2.75, 3.05) is 38.0 Å². The smallest absolute Gasteiger partial charge is 0.412 e. The number of nitrogens with one attached hydrogen (secondary N) is 3. The second-order valence-electron chi connectivity index (χ2n) is 21.2. The molecule has 3 aliphatic heterocycles. The average Bonchev–Trinajstić information content (AvgIpc) is 4.21. The number of methoxy groups -OCH3 is 2. The number of aliphatic hydroxyl groups is 1. The summed E-state index contributed by atoms with van der Waals surface area (Å²) < 4.78 is 45.5. The third-order valence-corrected chi connectivity index (χ3v) is 15.4. The first-order valence-electron chi connectivity index (χ1n) is 26.1. The van der Waals surface area contributed by atoms with Gasteiger partial charge >= 0.3 is 18.1 Å². The molecule has 5 rings (SSSR count). The van der Waals surface area contributed by atoms with Gasteiger partial charge in [0.15, 0.2) is 5.78 Å². The standard InChI is InChI=1S/C56H74Cl2FN5O14/c1-30(2)37(25-36(66)16-11-10-15-32(4)65)52(70)62-40(17-13-19-61-53(60)71)43(67)24-35-23-38(57)41(26-39(35)59)63-54(72)77-47-27-48(68)64(7)42-21-34(22-44(74-8)50(42)58)20-31(3)14-12-18-46(75-9)56(73)28-45(76-49(69)29-56)33(5)51-55(47,6)78-51/h12,14,18,21-23,26,30,33,37,40,45-47,51,73H,10-11,13,15-17,19-20,24-25,27-29H2,1-9H3,(H,62,70)(H,63,72)(H3,60,61,71)/b18-12+,31-14+/t33-,37+,40+,45+,46-,47+,51+,55+,56-/m1/s1. The summed E-state index contributed by atoms with van der Waals surface area (Å²) in [6.45, 7) is 10.3. The Bertz CT molecular complexity index is 2650. The predicted octanol–water partition coefficient (Wildman–Crippen LogP) is 7.84. The lowest BCUT2D eigenvalue weighted by Gasteiger charge is -2.41. The summed E-state index contributed by atoms with van der Waals surface area (Å²) in [5.74, 6) is -4.96. The number of rotatable bonds is 21. The maximum Gasteiger partial charge on any atom is 0.412 e. The maximum atomic E-state index is 16.1. The first kappa shape index (κ1) is 62.9. The summed E-state index contributed by atoms with van der Waals surface area (Å²) in [4.78, 5) is 106. The summed E-state index contributed by atoms with van der Waals surface area (Å²) in [7, 11) is 4.37. The number of anilines is 2. The van der Waals surface area contributed by atoms with E-state index in [1.165, 1.54) is 33.1 Å². The van der Waals surface area contributed by atoms with Crippen molar-refractivity contribution < 1.29 is 71.5 Å². The molecule has 19 nitrogen and oxygen atoms in total. The van der Waals surface area contributed by atoms with Crippen LogP contribution in [0.4, 0.5) is 25.4 Å². The molecule has 78 heavy (non-hydrogen) atoms. The summed E-state index contributed by atoms with van der Waals surface area (Å²) in [5.41, 5.74) is 3.61. The maximum absolute atomic E-state index is 16.1. The van der Waals surface area contributed by atoms with Gasteiger partial charge in [-0.2, -0.15) is 0 Å². The molecule has 3 heterocycles. The van der Waals surface area contributed by atoms with Gasteiger partial charge in [0.25, 0.3) is 0 Å². The van der Waals surface area contributed by atoms with Crippen LogP contribution in [0.3, 0.4) is 0 Å². The highest BCUT2D eigenvalue weighted by Gasteiger charge is 2.64. The molecule has 0 radical (unpaired) electrons. The third kappa shape index (κ3) is 16.8. The van der Waals surface area contributed by atoms with Crippen molar-refractivity contribution in [3.8, 4) is 5.75 Å². The number of unbranched alkanes of at least 4 members (excludes halogenated alkanes) is 1. The van der Waals surface area contributed by atoms with Crippen LogP contribution in [0.5, 0.6) is 5.75 Å². The van der Waals surface area contributed by atoms with Crippen LogP contribution in [0.2, 0.25) is 10.0 Å². The Hall–Kier alpha value is -5.93. The lowest BCUT2D eigenvalue weighted by atomic mass is 9.78. The van der Waals surface area contributed by atoms with E-state index in [-0.39, 0.29) is 83.9 Å². The highest BCUT2D eigenvalue weighted by molar-refractivity contribution is 6.35. The second-order valence-corrected chi connectivity index (χ2v) is 22.0. The van der Waals surface area contributed by atoms with Crippen LogP contribution in [0.15, 0.2) is 48.1 Å². The molecular weight excluding hydrogens is 1060 g/mol. The molecule has 4 bridgehead atoms. The minimum atomic E-state index is -1.68. The Morgan fingerprint density at radius 2 is 1.74 bits per heavy atom. The highest BCUT2D eigenvalue weighted by Crippen LogP contribution is 2.50. The van der Waals surface area contributed by atoms with Crippen LogP contribution >= 0.6 is 23.2 Å². The number of carbonyl (C=O) groups is 8. The molecule has 0 unspecified atom stereocenters. The number of nitrogens with zero attached hydrogens (tertiary/aromatic N) is 1. The van der Waals surface area contributed by atoms with E-state index in [1.807, 2.05) is 13.0 Å². The van der Waals surface area contributed by atoms with Gasteiger partial charge in [-0.15, -0.1) is 0 Å². The van der Waals surface area contributed by atoms with Gasteiger partial charge in [-0.1, -0.05) is 67.8 Å². The molecule has 2 saturated heterocycles. The van der Waals surface area contributed by atoms with Crippen LogP contribution in [-0.2, 0) is 60.6 Å². The van der Waals surface area contributed by atoms with Crippen LogP contribution in [0, 0.1) is 23.6 Å². The molecule has 5 amide bonds. The molecule has 0 saturated carbocycles. The van der Waals surface area contributed by atoms with Gasteiger partial charge in [-0.05, 0) is 94.2 Å². The fourth-order valence-corrected chi connectivity index (χ4v) is 10.6. The summed E-state index contributed by atoms with van der Waals surface area (Å²) in [6, 6.07) is 3.53. The number of fused-ring (bicyclic) bond motifs is 5. The van der Waals surface area contributed by atoms with Gasteiger partial charge in [0.1, 0.15) is 57.7 Å². The fraction of sp³-hybridized carbons (Fsp3) is 0.571. The van der Waals surface area contributed by atoms with Crippen LogP contribution in [0.25, 0.3) is 0 Å². The summed E-state index contributed by atoms with van der Waals surface area (Å²) in [6.07, 6.45) is 0.720. The quantitative estimate of drug-likeness (QED) is 0.0453. The highest BCUT2D eigenvalue weighted by atomic mass is 35.5. The summed E-state index contributed by atoms with van der Waals surface area (Å²) in [5, 5.41) is 19.5. The van der Waals surface area contributed by atoms with E-state index in [2.05, 4.69) is 16.0 Å². The van der Waals surface area contributed by atoms with Crippen molar-refractivity contribution >= 4 is 81.8 Å². The minimum Gasteiger partial charge on any atom is -0.495 e. The Labute approximate surface area is 464 Å². The molecule has 2 aromatic carbocycles. The van der Waals surface area contributed by atoms with Crippen molar-refractivity contribution in [3.63, 3.8) is 0 Å². The number of hydrogen-bond acceptors (Lipinski definition) is 14. The third-order valence-electron chi connectivity index (χ3n) is 14.7. The molecule has 428 valence electrons. The number of carbonyl (C=O) groups excluding carboxylic acids is 8. The number of amides is 5. The van der Waals surface area contributed by atoms with Crippen molar-refractivity contribution in [1.29, 1.82) is 0 Å². The monoisotopic (exact) mass is 1130 g/mol. The number of urea groups is 1. The lowest BCUT2D eigenvalue weighted by molar-refractivity contribution is -0.187. The largest absolute Gasteiger partial charge is 0.495 e. The van der Waals surface area contributed by atoms with Crippen LogP contribution in [0.1, 0.15) is 117 Å². The molecule has 3 aliphatic rings. The van der Waals surface area contributed by atoms with Crippen molar-refractivity contribution in [2.45, 2.75) is 160 Å². The van der Waals surface area contributed by atoms with Gasteiger partial charge in [-0.3, -0.25) is 29.3 Å². The van der Waals surface area contributed by atoms with Gasteiger partial charge in [0.2, 0.25) is 11.8 Å². The van der Waals surface area contributed by atoms with E-state index < -0.39 is 108 Å². The van der Waals surface area contributed by atoms with Crippen molar-refractivity contribution in [3.05, 3.63) is 75.1 Å². The first-order chi connectivity index (χ1) is 36.7. The fourth-order valence-electron chi connectivity index (χ4n) is 10.0. The van der Waals surface area contributed by atoms with Crippen molar-refractivity contribution in [1.82, 2.24) is 10.6 Å². The number of epoxide rings is 1. The first-order valence-corrected chi connectivity index (χ1v) is 26.9. The number of ketones is 3. The van der Waals surface area contributed by atoms with E-state index >= 15 is 4.39 Å². The van der Waals surface area contributed by atoms with Gasteiger partial charge in [0.05, 0.1) is 48.5 Å². The Morgan fingerprint density at radius 1 is 1.04 bits per heavy atom. The normalized spacial score (nSPS) is 25.3. The number of esters is 1. The Morgan fingerprint density at radius 3 is 2.40 bits per heavy atom. The zero-order valence-corrected chi connectivity index (χ0v) is 47.3. The average molecular weight is 1130 g/mol. The number of hydrogen-bond donors (Lipinski definition) is 5. The molecule has 2 aromatic rings. The number of benzene rings is 2. The molecule has 9 atom stereocenters.